The van der Waals surface area contributed by atoms with Crippen LogP contribution in [0.25, 0.3) is 0 Å². The maximum absolute atomic E-state index is 12.6. The lowest BCUT2D eigenvalue weighted by Crippen LogP contribution is -2.47. The second kappa shape index (κ2) is 7.86. The molecule has 2 rings (SSSR count). The Labute approximate surface area is 141 Å². The number of carbonyl (C=O) groups excluding carboxylic acids is 2. The van der Waals surface area contributed by atoms with Gasteiger partial charge in [0.1, 0.15) is 0 Å². The Balaban J connectivity index is 1.98. The lowest BCUT2D eigenvalue weighted by atomic mass is 10.1. The number of aromatic nitrogens is 2. The number of ether oxygens (including phenoxy) is 1. The van der Waals surface area contributed by atoms with Crippen molar-refractivity contribution in [3.63, 3.8) is 0 Å². The Morgan fingerprint density at radius 2 is 2.13 bits per heavy atom. The van der Waals surface area contributed by atoms with Crippen molar-refractivity contribution in [3.8, 4) is 0 Å². The smallest absolute Gasteiger partial charge is 0.307 e. The maximum Gasteiger partial charge on any atom is 0.307 e. The van der Waals surface area contributed by atoms with E-state index in [1.54, 1.807) is 11.8 Å². The zero-order valence-electron chi connectivity index (χ0n) is 14.3. The molecular formula is C16H25N3O3S. The summed E-state index contributed by atoms with van der Waals surface area (Å²) in [5.41, 5.74) is 3.24. The summed E-state index contributed by atoms with van der Waals surface area (Å²) in [6.07, 6.45) is 1.43. The molecule has 2 heterocycles. The van der Waals surface area contributed by atoms with Gasteiger partial charge < -0.3 is 9.64 Å². The number of amides is 1. The minimum atomic E-state index is -0.255. The average molecular weight is 339 g/mol. The SMILES string of the molecule is COC(=O)C[C@H]1CSCCN1C(=O)CCc1c(C)nn(C)c1C. The van der Waals surface area contributed by atoms with E-state index in [0.717, 1.165) is 28.5 Å². The van der Waals surface area contributed by atoms with E-state index in [1.807, 2.05) is 30.5 Å². The molecule has 0 saturated carbocycles. The van der Waals surface area contributed by atoms with Crippen molar-refractivity contribution in [3.05, 3.63) is 17.0 Å². The highest BCUT2D eigenvalue weighted by Crippen LogP contribution is 2.21. The molecule has 1 fully saturated rings. The van der Waals surface area contributed by atoms with Gasteiger partial charge in [0.25, 0.3) is 0 Å². The molecule has 1 aliphatic rings. The molecule has 7 heteroatoms. The summed E-state index contributed by atoms with van der Waals surface area (Å²) in [5, 5.41) is 4.39. The number of carbonyl (C=O) groups is 2. The fourth-order valence-electron chi connectivity index (χ4n) is 2.98. The third-order valence-electron chi connectivity index (χ3n) is 4.43. The molecule has 1 aromatic heterocycles. The van der Waals surface area contributed by atoms with E-state index < -0.39 is 0 Å². The van der Waals surface area contributed by atoms with E-state index in [9.17, 15) is 9.59 Å². The van der Waals surface area contributed by atoms with Crippen LogP contribution in [0.2, 0.25) is 0 Å². The van der Waals surface area contributed by atoms with Crippen molar-refractivity contribution in [1.29, 1.82) is 0 Å². The number of nitrogens with zero attached hydrogens (tertiary/aromatic N) is 3. The van der Waals surface area contributed by atoms with E-state index in [4.69, 9.17) is 4.74 Å². The quantitative estimate of drug-likeness (QED) is 0.760. The second-order valence-corrected chi connectivity index (χ2v) is 7.02. The van der Waals surface area contributed by atoms with Crippen LogP contribution in [-0.2, 0) is 27.8 Å². The summed E-state index contributed by atoms with van der Waals surface area (Å²) in [6.45, 7) is 4.71. The van der Waals surface area contributed by atoms with Gasteiger partial charge in [0, 0.05) is 37.2 Å². The molecule has 0 radical (unpaired) electrons. The predicted octanol–water partition coefficient (Wildman–Crippen LogP) is 1.48. The molecule has 1 amide bonds. The van der Waals surface area contributed by atoms with Gasteiger partial charge in [-0.2, -0.15) is 16.9 Å². The molecule has 1 aromatic rings. The highest BCUT2D eigenvalue weighted by Gasteiger charge is 2.29. The summed E-state index contributed by atoms with van der Waals surface area (Å²) in [6, 6.07) is -0.0511. The fourth-order valence-corrected chi connectivity index (χ4v) is 4.05. The number of aryl methyl sites for hydroxylation is 2. The first-order valence-corrected chi connectivity index (χ1v) is 9.02. The highest BCUT2D eigenvalue weighted by atomic mass is 32.2. The summed E-state index contributed by atoms with van der Waals surface area (Å²) in [7, 11) is 3.31. The van der Waals surface area contributed by atoms with Crippen LogP contribution < -0.4 is 0 Å². The van der Waals surface area contributed by atoms with Crippen molar-refractivity contribution in [2.75, 3.05) is 25.2 Å². The molecule has 1 aliphatic heterocycles. The van der Waals surface area contributed by atoms with Crippen LogP contribution >= 0.6 is 11.8 Å². The van der Waals surface area contributed by atoms with Crippen LogP contribution in [0.5, 0.6) is 0 Å². The molecule has 0 aromatic carbocycles. The van der Waals surface area contributed by atoms with Gasteiger partial charge in [0.15, 0.2) is 0 Å². The largest absolute Gasteiger partial charge is 0.469 e. The number of rotatable bonds is 5. The van der Waals surface area contributed by atoms with Gasteiger partial charge in [-0.1, -0.05) is 0 Å². The Morgan fingerprint density at radius 1 is 1.39 bits per heavy atom. The molecule has 0 N–H and O–H groups in total. The van der Waals surface area contributed by atoms with Gasteiger partial charge in [-0.05, 0) is 25.8 Å². The molecule has 0 bridgehead atoms. The van der Waals surface area contributed by atoms with E-state index in [0.29, 0.717) is 19.4 Å². The molecule has 1 atom stereocenters. The van der Waals surface area contributed by atoms with E-state index in [1.165, 1.54) is 7.11 Å². The summed E-state index contributed by atoms with van der Waals surface area (Å²) in [5.74, 6) is 1.58. The van der Waals surface area contributed by atoms with Gasteiger partial charge in [-0.25, -0.2) is 0 Å². The molecule has 23 heavy (non-hydrogen) atoms. The average Bonchev–Trinajstić information content (AvgIpc) is 2.78. The van der Waals surface area contributed by atoms with Gasteiger partial charge >= 0.3 is 5.97 Å². The number of methoxy groups -OCH3 is 1. The predicted molar refractivity (Wildman–Crippen MR) is 90.5 cm³/mol. The van der Waals surface area contributed by atoms with Crippen LogP contribution in [-0.4, -0.2) is 57.8 Å². The van der Waals surface area contributed by atoms with Gasteiger partial charge in [-0.3, -0.25) is 14.3 Å². The minimum Gasteiger partial charge on any atom is -0.469 e. The molecule has 6 nitrogen and oxygen atoms in total. The third kappa shape index (κ3) is 4.28. The monoisotopic (exact) mass is 339 g/mol. The van der Waals surface area contributed by atoms with Gasteiger partial charge in [0.2, 0.25) is 5.91 Å². The molecule has 0 spiro atoms. The molecule has 0 aliphatic carbocycles. The topological polar surface area (TPSA) is 64.4 Å². The van der Waals surface area contributed by atoms with E-state index in [2.05, 4.69) is 5.10 Å². The maximum atomic E-state index is 12.6. The lowest BCUT2D eigenvalue weighted by molar-refractivity contribution is -0.143. The third-order valence-corrected chi connectivity index (χ3v) is 5.52. The molecule has 0 unspecified atom stereocenters. The number of esters is 1. The molecular weight excluding hydrogens is 314 g/mol. The Morgan fingerprint density at radius 3 is 2.74 bits per heavy atom. The van der Waals surface area contributed by atoms with Crippen molar-refractivity contribution < 1.29 is 14.3 Å². The zero-order chi connectivity index (χ0) is 17.0. The van der Waals surface area contributed by atoms with Crippen molar-refractivity contribution in [2.24, 2.45) is 7.05 Å². The number of hydrogen-bond donors (Lipinski definition) is 0. The van der Waals surface area contributed by atoms with E-state index >= 15 is 0 Å². The van der Waals surface area contributed by atoms with Crippen molar-refractivity contribution in [1.82, 2.24) is 14.7 Å². The highest BCUT2D eigenvalue weighted by molar-refractivity contribution is 7.99. The van der Waals surface area contributed by atoms with Gasteiger partial charge in [-0.15, -0.1) is 0 Å². The first kappa shape index (κ1) is 17.8. The zero-order valence-corrected chi connectivity index (χ0v) is 15.1. The number of thioether (sulfide) groups is 1. The number of hydrogen-bond acceptors (Lipinski definition) is 5. The van der Waals surface area contributed by atoms with Crippen molar-refractivity contribution >= 4 is 23.6 Å². The second-order valence-electron chi connectivity index (χ2n) is 5.87. The van der Waals surface area contributed by atoms with Crippen LogP contribution in [0, 0.1) is 13.8 Å². The summed E-state index contributed by atoms with van der Waals surface area (Å²) in [4.78, 5) is 26.0. The Hall–Kier alpha value is -1.50. The lowest BCUT2D eigenvalue weighted by Gasteiger charge is -2.35. The van der Waals surface area contributed by atoms with Crippen LogP contribution in [0.3, 0.4) is 0 Å². The fraction of sp³-hybridized carbons (Fsp3) is 0.688. The normalized spacial score (nSPS) is 18.1. The van der Waals surface area contributed by atoms with Gasteiger partial charge in [0.05, 0.1) is 25.3 Å². The Bertz CT molecular complexity index is 585. The molecule has 128 valence electrons. The Kier molecular flexibility index (Phi) is 6.10. The van der Waals surface area contributed by atoms with Crippen molar-refractivity contribution in [2.45, 2.75) is 39.2 Å². The summed E-state index contributed by atoms with van der Waals surface area (Å²) >= 11 is 1.78. The minimum absolute atomic E-state index is 0.0511. The molecule has 1 saturated heterocycles. The first-order chi connectivity index (χ1) is 10.9. The van der Waals surface area contributed by atoms with Crippen LogP contribution in [0.1, 0.15) is 29.8 Å². The first-order valence-electron chi connectivity index (χ1n) is 7.87. The van der Waals surface area contributed by atoms with E-state index in [-0.39, 0.29) is 24.3 Å². The van der Waals surface area contributed by atoms with Crippen LogP contribution in [0.15, 0.2) is 0 Å². The van der Waals surface area contributed by atoms with Crippen LogP contribution in [0.4, 0.5) is 0 Å². The summed E-state index contributed by atoms with van der Waals surface area (Å²) < 4.78 is 6.60. The standard InChI is InChI=1S/C16H25N3O3S/c1-11-14(12(2)18(3)17-11)5-6-15(20)19-7-8-23-10-13(19)9-16(21)22-4/h13H,5-10H2,1-4H3/t13-/m0/s1.